The van der Waals surface area contributed by atoms with Gasteiger partial charge in [-0.25, -0.2) is 8.78 Å². The first kappa shape index (κ1) is 15.4. The highest BCUT2D eigenvalue weighted by Gasteiger charge is 2.43. The Labute approximate surface area is 141 Å². The van der Waals surface area contributed by atoms with E-state index in [0.29, 0.717) is 0 Å². The van der Waals surface area contributed by atoms with Gasteiger partial charge in [0.2, 0.25) is 0 Å². The van der Waals surface area contributed by atoms with Crippen molar-refractivity contribution in [3.8, 4) is 0 Å². The molecule has 0 spiro atoms. The van der Waals surface area contributed by atoms with Gasteiger partial charge in [0.15, 0.2) is 0 Å². The van der Waals surface area contributed by atoms with E-state index in [1.807, 2.05) is 24.3 Å². The quantitative estimate of drug-likeness (QED) is 0.799. The predicted octanol–water partition coefficient (Wildman–Crippen LogP) is 4.79. The van der Waals surface area contributed by atoms with Crippen LogP contribution in [0.15, 0.2) is 42.5 Å². The summed E-state index contributed by atoms with van der Waals surface area (Å²) in [5.74, 6) is -2.53. The maximum absolute atomic E-state index is 13.0. The lowest BCUT2D eigenvalue weighted by Gasteiger charge is -2.40. The molecule has 126 valence electrons. The average Bonchev–Trinajstić information content (AvgIpc) is 2.59. The second-order valence-corrected chi connectivity index (χ2v) is 6.95. The van der Waals surface area contributed by atoms with Gasteiger partial charge in [0.25, 0.3) is 5.92 Å². The third-order valence-electron chi connectivity index (χ3n) is 5.17. The monoisotopic (exact) mass is 328 g/mol. The van der Waals surface area contributed by atoms with Gasteiger partial charge in [0.05, 0.1) is 13.1 Å². The minimum atomic E-state index is -2.53. The van der Waals surface area contributed by atoms with E-state index in [1.165, 1.54) is 42.5 Å². The first-order chi connectivity index (χ1) is 11.5. The highest BCUT2D eigenvalue weighted by Crippen LogP contribution is 2.34. The fraction of sp³-hybridized carbons (Fsp3) is 0.400. The van der Waals surface area contributed by atoms with Crippen molar-refractivity contribution in [2.75, 3.05) is 29.9 Å². The molecule has 0 amide bonds. The molecule has 4 rings (SSSR count). The molecule has 1 fully saturated rings. The topological polar surface area (TPSA) is 6.48 Å². The van der Waals surface area contributed by atoms with Crippen LogP contribution in [-0.2, 0) is 12.8 Å². The van der Waals surface area contributed by atoms with Crippen molar-refractivity contribution in [2.24, 2.45) is 0 Å². The number of fused-ring (bicyclic) bond motifs is 1. The lowest BCUT2D eigenvalue weighted by atomic mass is 9.91. The molecule has 0 bridgehead atoms. The lowest BCUT2D eigenvalue weighted by molar-refractivity contribution is -0.0262. The molecule has 2 aromatic rings. The van der Waals surface area contributed by atoms with Crippen LogP contribution in [0.5, 0.6) is 0 Å². The minimum absolute atomic E-state index is 0.174. The summed E-state index contributed by atoms with van der Waals surface area (Å²) in [5.41, 5.74) is 6.06. The second kappa shape index (κ2) is 5.76. The van der Waals surface area contributed by atoms with E-state index in [-0.39, 0.29) is 13.1 Å². The molecule has 1 saturated heterocycles. The number of anilines is 3. The van der Waals surface area contributed by atoms with Gasteiger partial charge < -0.3 is 9.80 Å². The molecule has 2 aromatic carbocycles. The van der Waals surface area contributed by atoms with E-state index in [0.717, 1.165) is 11.4 Å². The lowest BCUT2D eigenvalue weighted by Crippen LogP contribution is -2.56. The van der Waals surface area contributed by atoms with Gasteiger partial charge in [-0.15, -0.1) is 0 Å². The smallest absolute Gasteiger partial charge is 0.282 e. The molecular formula is C20H22F2N2. The minimum Gasteiger partial charge on any atom is -0.359 e. The van der Waals surface area contributed by atoms with E-state index in [1.54, 1.807) is 4.90 Å². The summed E-state index contributed by atoms with van der Waals surface area (Å²) in [7, 11) is 2.05. The standard InChI is InChI=1S/C20H22F2N2/c1-23(19-7-6-15-4-2-3-5-16(15)12-19)17-8-10-18(11-9-17)24-13-20(21,22)14-24/h6-12H,2-5,13-14H2,1H3. The zero-order valence-electron chi connectivity index (χ0n) is 13.9. The fourth-order valence-electron chi connectivity index (χ4n) is 3.66. The molecule has 0 radical (unpaired) electrons. The van der Waals surface area contributed by atoms with Gasteiger partial charge in [0.1, 0.15) is 0 Å². The Morgan fingerprint density at radius 1 is 0.875 bits per heavy atom. The van der Waals surface area contributed by atoms with Crippen LogP contribution in [0.1, 0.15) is 24.0 Å². The normalized spacial score (nSPS) is 18.7. The van der Waals surface area contributed by atoms with Crippen molar-refractivity contribution >= 4 is 17.1 Å². The van der Waals surface area contributed by atoms with E-state index in [9.17, 15) is 8.78 Å². The predicted molar refractivity (Wildman–Crippen MR) is 94.7 cm³/mol. The molecule has 1 heterocycles. The van der Waals surface area contributed by atoms with Gasteiger partial charge in [-0.1, -0.05) is 6.07 Å². The van der Waals surface area contributed by atoms with Crippen LogP contribution in [0.25, 0.3) is 0 Å². The first-order valence-corrected chi connectivity index (χ1v) is 8.60. The molecule has 2 aliphatic rings. The molecule has 0 saturated carbocycles. The van der Waals surface area contributed by atoms with Crippen molar-refractivity contribution in [1.82, 2.24) is 0 Å². The summed E-state index contributed by atoms with van der Waals surface area (Å²) < 4.78 is 26.0. The van der Waals surface area contributed by atoms with Crippen LogP contribution >= 0.6 is 0 Å². The Morgan fingerprint density at radius 2 is 1.50 bits per heavy atom. The van der Waals surface area contributed by atoms with Gasteiger partial charge in [-0.3, -0.25) is 0 Å². The number of rotatable bonds is 3. The Morgan fingerprint density at radius 3 is 2.17 bits per heavy atom. The number of alkyl halides is 2. The summed E-state index contributed by atoms with van der Waals surface area (Å²) >= 11 is 0. The molecule has 0 aromatic heterocycles. The summed E-state index contributed by atoms with van der Waals surface area (Å²) in [6, 6.07) is 14.6. The molecular weight excluding hydrogens is 306 g/mol. The zero-order valence-corrected chi connectivity index (χ0v) is 13.9. The summed E-state index contributed by atoms with van der Waals surface area (Å²) in [5, 5.41) is 0. The van der Waals surface area contributed by atoms with Crippen LogP contribution in [0.2, 0.25) is 0 Å². The van der Waals surface area contributed by atoms with Crippen LogP contribution in [0, 0.1) is 0 Å². The molecule has 0 unspecified atom stereocenters. The van der Waals surface area contributed by atoms with Crippen molar-refractivity contribution in [3.05, 3.63) is 53.6 Å². The summed E-state index contributed by atoms with van der Waals surface area (Å²) in [6.45, 7) is -0.347. The van der Waals surface area contributed by atoms with Crippen molar-refractivity contribution < 1.29 is 8.78 Å². The Hall–Kier alpha value is -2.10. The highest BCUT2D eigenvalue weighted by atomic mass is 19.3. The third-order valence-corrected chi connectivity index (χ3v) is 5.17. The maximum Gasteiger partial charge on any atom is 0.282 e. The number of halogens is 2. The van der Waals surface area contributed by atoms with Crippen LogP contribution < -0.4 is 9.80 Å². The van der Waals surface area contributed by atoms with Crippen LogP contribution in [0.4, 0.5) is 25.8 Å². The molecule has 24 heavy (non-hydrogen) atoms. The largest absolute Gasteiger partial charge is 0.359 e. The highest BCUT2D eigenvalue weighted by molar-refractivity contribution is 5.66. The molecule has 0 N–H and O–H groups in total. The van der Waals surface area contributed by atoms with Crippen molar-refractivity contribution in [2.45, 2.75) is 31.6 Å². The number of benzene rings is 2. The summed E-state index contributed by atoms with van der Waals surface area (Å²) in [4.78, 5) is 3.87. The Kier molecular flexibility index (Phi) is 3.70. The summed E-state index contributed by atoms with van der Waals surface area (Å²) in [6.07, 6.45) is 4.92. The number of nitrogens with zero attached hydrogens (tertiary/aromatic N) is 2. The van der Waals surface area contributed by atoms with Gasteiger partial charge in [0, 0.05) is 24.1 Å². The van der Waals surface area contributed by atoms with Crippen LogP contribution in [-0.4, -0.2) is 26.1 Å². The first-order valence-electron chi connectivity index (χ1n) is 8.60. The maximum atomic E-state index is 13.0. The van der Waals surface area contributed by atoms with Crippen LogP contribution in [0.3, 0.4) is 0 Å². The molecule has 1 aliphatic carbocycles. The van der Waals surface area contributed by atoms with Crippen molar-refractivity contribution in [3.63, 3.8) is 0 Å². The number of hydrogen-bond donors (Lipinski definition) is 0. The zero-order chi connectivity index (χ0) is 16.7. The third kappa shape index (κ3) is 2.85. The van der Waals surface area contributed by atoms with Gasteiger partial charge >= 0.3 is 0 Å². The Balaban J connectivity index is 1.51. The number of aryl methyl sites for hydroxylation is 2. The van der Waals surface area contributed by atoms with E-state index in [2.05, 4.69) is 30.1 Å². The Bertz CT molecular complexity index is 732. The average molecular weight is 328 g/mol. The number of hydrogen-bond acceptors (Lipinski definition) is 2. The molecule has 2 nitrogen and oxygen atoms in total. The second-order valence-electron chi connectivity index (χ2n) is 6.95. The van der Waals surface area contributed by atoms with E-state index < -0.39 is 5.92 Å². The molecule has 4 heteroatoms. The van der Waals surface area contributed by atoms with E-state index in [4.69, 9.17) is 0 Å². The molecule has 1 aliphatic heterocycles. The van der Waals surface area contributed by atoms with E-state index >= 15 is 0 Å². The van der Waals surface area contributed by atoms with Gasteiger partial charge in [-0.05, 0) is 73.2 Å². The van der Waals surface area contributed by atoms with Crippen molar-refractivity contribution in [1.29, 1.82) is 0 Å². The van der Waals surface area contributed by atoms with Gasteiger partial charge in [-0.2, -0.15) is 0 Å². The SMILES string of the molecule is CN(c1ccc(N2CC(F)(F)C2)cc1)c1ccc2c(c1)CCCC2. The molecule has 0 atom stereocenters. The fourth-order valence-corrected chi connectivity index (χ4v) is 3.66.